The maximum Gasteiger partial charge on any atom is 0.123 e. The van der Waals surface area contributed by atoms with E-state index in [4.69, 9.17) is 21.9 Å². The van der Waals surface area contributed by atoms with Crippen molar-refractivity contribution in [1.29, 1.82) is 0 Å². The molecule has 0 aromatic heterocycles. The Balaban J connectivity index is 2.13. The quantitative estimate of drug-likeness (QED) is 0.420. The van der Waals surface area contributed by atoms with Gasteiger partial charge in [-0.1, -0.05) is 16.7 Å². The van der Waals surface area contributed by atoms with Crippen LogP contribution in [0.15, 0.2) is 23.3 Å². The molecule has 1 aliphatic rings. The lowest BCUT2D eigenvalue weighted by molar-refractivity contribution is 0.241. The van der Waals surface area contributed by atoms with E-state index in [2.05, 4.69) is 10.0 Å². The van der Waals surface area contributed by atoms with Crippen LogP contribution in [-0.2, 0) is 6.42 Å². The van der Waals surface area contributed by atoms with E-state index >= 15 is 0 Å². The van der Waals surface area contributed by atoms with Crippen LogP contribution in [0.2, 0.25) is 5.02 Å². The molecule has 2 rings (SSSR count). The van der Waals surface area contributed by atoms with Crippen molar-refractivity contribution in [3.05, 3.63) is 39.2 Å². The van der Waals surface area contributed by atoms with Gasteiger partial charge < -0.3 is 4.74 Å². The van der Waals surface area contributed by atoms with Gasteiger partial charge >= 0.3 is 0 Å². The SMILES string of the molecule is [N-]=[N+]=NC[C@H]1Cc2cc(Cl)ccc2O1. The maximum absolute atomic E-state index is 8.17. The Labute approximate surface area is 86.1 Å². The second-order valence-corrected chi connectivity index (χ2v) is 3.55. The molecule has 0 N–H and O–H groups in total. The molecule has 0 radical (unpaired) electrons. The average Bonchev–Trinajstić information content (AvgIpc) is 2.56. The largest absolute Gasteiger partial charge is 0.490 e. The Kier molecular flexibility index (Phi) is 2.48. The first kappa shape index (κ1) is 9.19. The predicted octanol–water partition coefficient (Wildman–Crippen LogP) is 2.95. The molecule has 4 nitrogen and oxygen atoms in total. The number of fused-ring (bicyclic) bond motifs is 1. The second kappa shape index (κ2) is 3.78. The van der Waals surface area contributed by atoms with Crippen LogP contribution < -0.4 is 4.74 Å². The molecule has 0 spiro atoms. The molecule has 0 saturated carbocycles. The summed E-state index contributed by atoms with van der Waals surface area (Å²) in [5, 5.41) is 4.19. The summed E-state index contributed by atoms with van der Waals surface area (Å²) in [6.07, 6.45) is 0.717. The Bertz CT molecular complexity index is 401. The van der Waals surface area contributed by atoms with Crippen LogP contribution in [0.3, 0.4) is 0 Å². The molecule has 1 aliphatic heterocycles. The summed E-state index contributed by atoms with van der Waals surface area (Å²) < 4.78 is 5.54. The van der Waals surface area contributed by atoms with E-state index in [9.17, 15) is 0 Å². The summed E-state index contributed by atoms with van der Waals surface area (Å²) in [6.45, 7) is 0.364. The van der Waals surface area contributed by atoms with E-state index < -0.39 is 0 Å². The molecule has 72 valence electrons. The zero-order valence-corrected chi connectivity index (χ0v) is 8.11. The summed E-state index contributed by atoms with van der Waals surface area (Å²) in [6, 6.07) is 5.51. The molecule has 1 aromatic carbocycles. The molecule has 14 heavy (non-hydrogen) atoms. The lowest BCUT2D eigenvalue weighted by atomic mass is 10.1. The Morgan fingerprint density at radius 2 is 2.50 bits per heavy atom. The molecule has 1 aromatic rings. The van der Waals surface area contributed by atoms with Crippen molar-refractivity contribution in [2.75, 3.05) is 6.54 Å². The summed E-state index contributed by atoms with van der Waals surface area (Å²) in [7, 11) is 0. The van der Waals surface area contributed by atoms with Crippen molar-refractivity contribution < 1.29 is 4.74 Å². The van der Waals surface area contributed by atoms with Gasteiger partial charge in [-0.2, -0.15) is 0 Å². The Hall–Kier alpha value is -1.38. The molecule has 0 unspecified atom stereocenters. The van der Waals surface area contributed by atoms with Crippen LogP contribution in [0.5, 0.6) is 5.75 Å². The first-order valence-electron chi connectivity index (χ1n) is 4.25. The topological polar surface area (TPSA) is 58.0 Å². The van der Waals surface area contributed by atoms with Crippen molar-refractivity contribution in [2.45, 2.75) is 12.5 Å². The van der Waals surface area contributed by atoms with E-state index in [0.717, 1.165) is 17.7 Å². The minimum atomic E-state index is -0.0423. The fourth-order valence-electron chi connectivity index (χ4n) is 1.52. The molecule has 5 heteroatoms. The number of hydrogen-bond donors (Lipinski definition) is 0. The molecule has 0 aliphatic carbocycles. The van der Waals surface area contributed by atoms with Crippen LogP contribution >= 0.6 is 11.6 Å². The minimum Gasteiger partial charge on any atom is -0.490 e. The molecular weight excluding hydrogens is 202 g/mol. The van der Waals surface area contributed by atoms with E-state index in [0.29, 0.717) is 11.6 Å². The highest BCUT2D eigenvalue weighted by Crippen LogP contribution is 2.30. The summed E-state index contributed by atoms with van der Waals surface area (Å²) >= 11 is 5.84. The number of azide groups is 1. The smallest absolute Gasteiger partial charge is 0.123 e. The van der Waals surface area contributed by atoms with Crippen molar-refractivity contribution in [3.63, 3.8) is 0 Å². The molecule has 0 bridgehead atoms. The second-order valence-electron chi connectivity index (χ2n) is 3.11. The van der Waals surface area contributed by atoms with Crippen molar-refractivity contribution in [1.82, 2.24) is 0 Å². The molecule has 1 heterocycles. The van der Waals surface area contributed by atoms with Crippen molar-refractivity contribution >= 4 is 11.6 Å². The van der Waals surface area contributed by atoms with Crippen molar-refractivity contribution in [2.24, 2.45) is 5.11 Å². The van der Waals surface area contributed by atoms with Gasteiger partial charge in [-0.05, 0) is 29.3 Å². The number of benzene rings is 1. The Morgan fingerprint density at radius 3 is 3.29 bits per heavy atom. The number of hydrogen-bond acceptors (Lipinski definition) is 2. The van der Waals surface area contributed by atoms with Crippen LogP contribution in [0.1, 0.15) is 5.56 Å². The van der Waals surface area contributed by atoms with Gasteiger partial charge in [-0.15, -0.1) is 0 Å². The van der Waals surface area contributed by atoms with Gasteiger partial charge in [0, 0.05) is 16.4 Å². The van der Waals surface area contributed by atoms with E-state index in [-0.39, 0.29) is 6.10 Å². The lowest BCUT2D eigenvalue weighted by Crippen LogP contribution is -2.16. The normalized spacial score (nSPS) is 18.2. The number of rotatable bonds is 2. The fraction of sp³-hybridized carbons (Fsp3) is 0.333. The fourth-order valence-corrected chi connectivity index (χ4v) is 1.71. The predicted molar refractivity (Wildman–Crippen MR) is 53.6 cm³/mol. The third-order valence-electron chi connectivity index (χ3n) is 2.11. The van der Waals surface area contributed by atoms with Gasteiger partial charge in [0.25, 0.3) is 0 Å². The first-order chi connectivity index (χ1) is 6.79. The van der Waals surface area contributed by atoms with Crippen LogP contribution in [0, 0.1) is 0 Å². The van der Waals surface area contributed by atoms with E-state index in [1.54, 1.807) is 6.07 Å². The van der Waals surface area contributed by atoms with Gasteiger partial charge in [0.05, 0.1) is 6.54 Å². The minimum absolute atomic E-state index is 0.0423. The molecule has 1 atom stereocenters. The third kappa shape index (κ3) is 1.76. The standard InChI is InChI=1S/C9H8ClN3O/c10-7-1-2-9-6(3-7)4-8(14-9)5-12-13-11/h1-3,8H,4-5H2/t8-/m1/s1. The van der Waals surface area contributed by atoms with Crippen LogP contribution in [0.25, 0.3) is 10.4 Å². The highest BCUT2D eigenvalue weighted by molar-refractivity contribution is 6.30. The van der Waals surface area contributed by atoms with Gasteiger partial charge in [0.2, 0.25) is 0 Å². The molecular formula is C9H8ClN3O. The van der Waals surface area contributed by atoms with Crippen molar-refractivity contribution in [3.8, 4) is 5.75 Å². The molecule has 0 saturated heterocycles. The van der Waals surface area contributed by atoms with Gasteiger partial charge in [0.15, 0.2) is 0 Å². The molecule has 0 amide bonds. The third-order valence-corrected chi connectivity index (χ3v) is 2.35. The number of nitrogens with zero attached hydrogens (tertiary/aromatic N) is 3. The average molecular weight is 210 g/mol. The van der Waals surface area contributed by atoms with Gasteiger partial charge in [-0.3, -0.25) is 0 Å². The monoisotopic (exact) mass is 209 g/mol. The Morgan fingerprint density at radius 1 is 1.64 bits per heavy atom. The number of ether oxygens (including phenoxy) is 1. The van der Waals surface area contributed by atoms with E-state index in [1.807, 2.05) is 12.1 Å². The summed E-state index contributed by atoms with van der Waals surface area (Å²) in [4.78, 5) is 2.70. The maximum atomic E-state index is 8.17. The zero-order valence-electron chi connectivity index (χ0n) is 7.35. The van der Waals surface area contributed by atoms with Gasteiger partial charge in [-0.25, -0.2) is 0 Å². The summed E-state index contributed by atoms with van der Waals surface area (Å²) in [5.41, 5.74) is 9.25. The number of halogens is 1. The first-order valence-corrected chi connectivity index (χ1v) is 4.63. The highest BCUT2D eigenvalue weighted by atomic mass is 35.5. The summed E-state index contributed by atoms with van der Waals surface area (Å²) in [5.74, 6) is 0.840. The van der Waals surface area contributed by atoms with Crippen LogP contribution in [-0.4, -0.2) is 12.6 Å². The van der Waals surface area contributed by atoms with Crippen LogP contribution in [0.4, 0.5) is 0 Å². The highest BCUT2D eigenvalue weighted by Gasteiger charge is 2.21. The van der Waals surface area contributed by atoms with E-state index in [1.165, 1.54) is 0 Å². The van der Waals surface area contributed by atoms with Gasteiger partial charge in [0.1, 0.15) is 11.9 Å². The molecule has 0 fully saturated rings. The lowest BCUT2D eigenvalue weighted by Gasteiger charge is -2.05. The zero-order chi connectivity index (χ0) is 9.97.